The first-order chi connectivity index (χ1) is 10.1. The fraction of sp³-hybridized carbons (Fsp3) is 0.333. The zero-order valence-electron chi connectivity index (χ0n) is 12.1. The summed E-state index contributed by atoms with van der Waals surface area (Å²) in [6, 6.07) is 8.04. The summed E-state index contributed by atoms with van der Waals surface area (Å²) in [7, 11) is 0. The van der Waals surface area contributed by atoms with E-state index in [0.29, 0.717) is 23.1 Å². The van der Waals surface area contributed by atoms with Crippen LogP contribution in [0, 0.1) is 6.92 Å². The molecule has 21 heavy (non-hydrogen) atoms. The number of benzene rings is 1. The largest absolute Gasteiger partial charge is 0.383 e. The van der Waals surface area contributed by atoms with Crippen LogP contribution < -0.4 is 21.7 Å². The molecule has 110 valence electrons. The lowest BCUT2D eigenvalue weighted by Crippen LogP contribution is -2.44. The van der Waals surface area contributed by atoms with Gasteiger partial charge in [0.25, 0.3) is 0 Å². The van der Waals surface area contributed by atoms with Crippen LogP contribution in [0.3, 0.4) is 0 Å². The van der Waals surface area contributed by atoms with E-state index in [1.165, 1.54) is 5.56 Å². The van der Waals surface area contributed by atoms with Crippen molar-refractivity contribution in [1.29, 1.82) is 0 Å². The lowest BCUT2D eigenvalue weighted by atomic mass is 10.1. The number of aromatic nitrogens is 2. The van der Waals surface area contributed by atoms with Crippen LogP contribution >= 0.6 is 0 Å². The summed E-state index contributed by atoms with van der Waals surface area (Å²) < 4.78 is 0. The zero-order valence-corrected chi connectivity index (χ0v) is 12.1. The molecule has 6 heteroatoms. The molecule has 0 spiro atoms. The third-order valence-corrected chi connectivity index (χ3v) is 3.69. The number of piperazine rings is 1. The molecule has 2 aromatic rings. The molecule has 1 saturated heterocycles. The number of nitrogens with one attached hydrogen (secondary N) is 1. The van der Waals surface area contributed by atoms with Gasteiger partial charge in [0.15, 0.2) is 0 Å². The molecular weight excluding hydrogens is 264 g/mol. The number of anilines is 3. The molecule has 1 aliphatic rings. The minimum atomic E-state index is 0.430. The van der Waals surface area contributed by atoms with Crippen molar-refractivity contribution in [2.75, 3.05) is 42.5 Å². The second-order valence-electron chi connectivity index (χ2n) is 5.27. The Balaban J connectivity index is 1.97. The van der Waals surface area contributed by atoms with E-state index in [9.17, 15) is 0 Å². The lowest BCUT2D eigenvalue weighted by Gasteiger charge is -2.28. The van der Waals surface area contributed by atoms with Gasteiger partial charge in [-0.2, -0.15) is 9.97 Å². The van der Waals surface area contributed by atoms with Crippen LogP contribution in [0.2, 0.25) is 0 Å². The number of nitrogen functional groups attached to an aromatic ring is 2. The maximum atomic E-state index is 6.13. The Labute approximate surface area is 124 Å². The summed E-state index contributed by atoms with van der Waals surface area (Å²) in [6.07, 6.45) is 0. The quantitative estimate of drug-likeness (QED) is 0.762. The molecule has 0 bridgehead atoms. The molecule has 1 fully saturated rings. The topological polar surface area (TPSA) is 93.1 Å². The first-order valence-electron chi connectivity index (χ1n) is 7.11. The van der Waals surface area contributed by atoms with Crippen molar-refractivity contribution < 1.29 is 0 Å². The number of rotatable bonds is 2. The Morgan fingerprint density at radius 3 is 2.14 bits per heavy atom. The highest BCUT2D eigenvalue weighted by atomic mass is 15.3. The highest BCUT2D eigenvalue weighted by molar-refractivity contribution is 5.83. The van der Waals surface area contributed by atoms with Crippen LogP contribution in [-0.4, -0.2) is 36.1 Å². The van der Waals surface area contributed by atoms with Crippen molar-refractivity contribution in [3.05, 3.63) is 29.8 Å². The van der Waals surface area contributed by atoms with Crippen molar-refractivity contribution in [3.63, 3.8) is 0 Å². The smallest absolute Gasteiger partial charge is 0.229 e. The van der Waals surface area contributed by atoms with E-state index in [-0.39, 0.29) is 0 Å². The molecule has 5 N–H and O–H groups in total. The Morgan fingerprint density at radius 1 is 1.00 bits per heavy atom. The molecule has 0 radical (unpaired) electrons. The van der Waals surface area contributed by atoms with Gasteiger partial charge >= 0.3 is 0 Å². The molecule has 0 saturated carbocycles. The first-order valence-corrected chi connectivity index (χ1v) is 7.11. The first kappa shape index (κ1) is 13.6. The monoisotopic (exact) mass is 284 g/mol. The van der Waals surface area contributed by atoms with E-state index in [2.05, 4.69) is 20.2 Å². The van der Waals surface area contributed by atoms with Crippen LogP contribution in [0.25, 0.3) is 11.1 Å². The Morgan fingerprint density at radius 2 is 1.57 bits per heavy atom. The predicted molar refractivity (Wildman–Crippen MR) is 86.1 cm³/mol. The summed E-state index contributed by atoms with van der Waals surface area (Å²) in [5, 5.41) is 3.30. The summed E-state index contributed by atoms with van der Waals surface area (Å²) >= 11 is 0. The molecule has 1 aromatic carbocycles. The molecule has 0 amide bonds. The molecule has 6 nitrogen and oxygen atoms in total. The number of hydrogen-bond donors (Lipinski definition) is 3. The van der Waals surface area contributed by atoms with Gasteiger partial charge in [-0.15, -0.1) is 0 Å². The SMILES string of the molecule is Cc1ccc(-c2c(N)nc(N3CCNCC3)nc2N)cc1. The Bertz CT molecular complexity index is 608. The summed E-state index contributed by atoms with van der Waals surface area (Å²) in [5.41, 5.74) is 15.1. The van der Waals surface area contributed by atoms with E-state index in [1.807, 2.05) is 31.2 Å². The Kier molecular flexibility index (Phi) is 3.62. The van der Waals surface area contributed by atoms with Crippen LogP contribution in [0.5, 0.6) is 0 Å². The minimum Gasteiger partial charge on any atom is -0.383 e. The lowest BCUT2D eigenvalue weighted by molar-refractivity contribution is 0.580. The average Bonchev–Trinajstić information content (AvgIpc) is 2.49. The van der Waals surface area contributed by atoms with Crippen LogP contribution in [0.1, 0.15) is 5.56 Å². The van der Waals surface area contributed by atoms with Crippen molar-refractivity contribution in [2.45, 2.75) is 6.92 Å². The molecule has 1 aromatic heterocycles. The number of nitrogens with two attached hydrogens (primary N) is 2. The summed E-state index contributed by atoms with van der Waals surface area (Å²) in [5.74, 6) is 1.47. The van der Waals surface area contributed by atoms with Gasteiger partial charge in [-0.05, 0) is 12.5 Å². The maximum absolute atomic E-state index is 6.13. The van der Waals surface area contributed by atoms with Gasteiger partial charge in [-0.1, -0.05) is 29.8 Å². The van der Waals surface area contributed by atoms with Crippen LogP contribution in [0.15, 0.2) is 24.3 Å². The molecule has 0 atom stereocenters. The van der Waals surface area contributed by atoms with Crippen LogP contribution in [-0.2, 0) is 0 Å². The second kappa shape index (κ2) is 5.57. The third kappa shape index (κ3) is 2.75. The standard InChI is InChI=1S/C15H20N6/c1-10-2-4-11(5-3-10)12-13(16)19-15(20-14(12)17)21-8-6-18-7-9-21/h2-5,18H,6-9H2,1H3,(H4,16,17,19,20). The van der Waals surface area contributed by atoms with Gasteiger partial charge in [-0.3, -0.25) is 0 Å². The molecule has 2 heterocycles. The zero-order chi connectivity index (χ0) is 14.8. The van der Waals surface area contributed by atoms with Crippen molar-refractivity contribution >= 4 is 17.6 Å². The van der Waals surface area contributed by atoms with Crippen molar-refractivity contribution in [2.24, 2.45) is 0 Å². The minimum absolute atomic E-state index is 0.430. The van der Waals surface area contributed by atoms with E-state index in [0.717, 1.165) is 31.7 Å². The second-order valence-corrected chi connectivity index (χ2v) is 5.27. The van der Waals surface area contributed by atoms with E-state index in [1.54, 1.807) is 0 Å². The summed E-state index contributed by atoms with van der Waals surface area (Å²) in [6.45, 7) is 5.61. The molecule has 1 aliphatic heterocycles. The molecular formula is C15H20N6. The average molecular weight is 284 g/mol. The predicted octanol–water partition coefficient (Wildman–Crippen LogP) is 1.03. The molecule has 0 aliphatic carbocycles. The summed E-state index contributed by atoms with van der Waals surface area (Å²) in [4.78, 5) is 11.0. The normalized spacial score (nSPS) is 15.2. The fourth-order valence-electron chi connectivity index (χ4n) is 2.51. The Hall–Kier alpha value is -2.34. The number of aryl methyl sites for hydroxylation is 1. The van der Waals surface area contributed by atoms with Gasteiger partial charge in [0, 0.05) is 26.2 Å². The molecule has 3 rings (SSSR count). The van der Waals surface area contributed by atoms with Gasteiger partial charge in [0.05, 0.1) is 5.56 Å². The fourth-order valence-corrected chi connectivity index (χ4v) is 2.51. The number of hydrogen-bond acceptors (Lipinski definition) is 6. The van der Waals surface area contributed by atoms with Gasteiger partial charge in [0.1, 0.15) is 11.6 Å². The maximum Gasteiger partial charge on any atom is 0.229 e. The third-order valence-electron chi connectivity index (χ3n) is 3.69. The van der Waals surface area contributed by atoms with E-state index < -0.39 is 0 Å². The van der Waals surface area contributed by atoms with Gasteiger partial charge in [-0.25, -0.2) is 0 Å². The van der Waals surface area contributed by atoms with Crippen molar-refractivity contribution in [1.82, 2.24) is 15.3 Å². The van der Waals surface area contributed by atoms with E-state index in [4.69, 9.17) is 11.5 Å². The number of nitrogens with zero attached hydrogens (tertiary/aromatic N) is 3. The van der Waals surface area contributed by atoms with Gasteiger partial charge in [0.2, 0.25) is 5.95 Å². The van der Waals surface area contributed by atoms with Crippen molar-refractivity contribution in [3.8, 4) is 11.1 Å². The molecule has 0 unspecified atom stereocenters. The van der Waals surface area contributed by atoms with E-state index >= 15 is 0 Å². The van der Waals surface area contributed by atoms with Crippen LogP contribution in [0.4, 0.5) is 17.6 Å². The van der Waals surface area contributed by atoms with Gasteiger partial charge < -0.3 is 21.7 Å². The highest BCUT2D eigenvalue weighted by Gasteiger charge is 2.17. The highest BCUT2D eigenvalue weighted by Crippen LogP contribution is 2.31.